The van der Waals surface area contributed by atoms with Gasteiger partial charge in [0.2, 0.25) is 0 Å². The largest absolute Gasteiger partial charge is 0.361 e. The summed E-state index contributed by atoms with van der Waals surface area (Å²) in [5, 5.41) is 1.02. The van der Waals surface area contributed by atoms with E-state index < -0.39 is 0 Å². The van der Waals surface area contributed by atoms with E-state index in [9.17, 15) is 4.39 Å². The summed E-state index contributed by atoms with van der Waals surface area (Å²) in [7, 11) is 0. The summed E-state index contributed by atoms with van der Waals surface area (Å²) in [5.74, 6) is -0.383. The zero-order chi connectivity index (χ0) is 11.0. The zero-order valence-electron chi connectivity index (χ0n) is 8.40. The topological polar surface area (TPSA) is 15.8 Å². The minimum Gasteiger partial charge on any atom is -0.361 e. The van der Waals surface area contributed by atoms with Gasteiger partial charge in [0.05, 0.1) is 5.02 Å². The van der Waals surface area contributed by atoms with Crippen molar-refractivity contribution in [2.75, 3.05) is 0 Å². The number of nitrogens with one attached hydrogen (secondary N) is 1. The number of aromatic nitrogens is 1. The van der Waals surface area contributed by atoms with E-state index in [1.54, 1.807) is 6.07 Å². The number of fused-ring (bicyclic) bond motifs is 1. The Balaban J connectivity index is 2.59. The van der Waals surface area contributed by atoms with Crippen LogP contribution < -0.4 is 0 Å². The van der Waals surface area contributed by atoms with E-state index >= 15 is 0 Å². The van der Waals surface area contributed by atoms with Crippen LogP contribution in [0.2, 0.25) is 5.02 Å². The molecular weight excluding hydrogens is 213 g/mol. The van der Waals surface area contributed by atoms with Gasteiger partial charge in [0, 0.05) is 17.1 Å². The van der Waals surface area contributed by atoms with Crippen LogP contribution in [-0.4, -0.2) is 4.98 Å². The average Bonchev–Trinajstić information content (AvgIpc) is 2.49. The lowest BCUT2D eigenvalue weighted by atomic mass is 10.1. The Hall–Kier alpha value is -1.28. The highest BCUT2D eigenvalue weighted by atomic mass is 35.5. The highest BCUT2D eigenvalue weighted by molar-refractivity contribution is 6.31. The maximum Gasteiger partial charge on any atom is 0.142 e. The molecule has 0 atom stereocenters. The van der Waals surface area contributed by atoms with Crippen molar-refractivity contribution in [1.29, 1.82) is 0 Å². The molecule has 0 saturated carbocycles. The van der Waals surface area contributed by atoms with Crippen LogP contribution in [0.25, 0.3) is 10.9 Å². The van der Waals surface area contributed by atoms with Gasteiger partial charge < -0.3 is 4.98 Å². The summed E-state index contributed by atoms with van der Waals surface area (Å²) in [6.07, 6.45) is 2.62. The summed E-state index contributed by atoms with van der Waals surface area (Å²) in [5.41, 5.74) is 2.96. The Bertz CT molecular complexity index is 528. The molecule has 78 valence electrons. The summed E-state index contributed by atoms with van der Waals surface area (Å²) in [4.78, 5) is 3.07. The van der Waals surface area contributed by atoms with Gasteiger partial charge in [0.25, 0.3) is 0 Å². The van der Waals surface area contributed by atoms with Gasteiger partial charge in [-0.25, -0.2) is 4.39 Å². The Morgan fingerprint density at radius 1 is 1.53 bits per heavy atom. The molecule has 1 aromatic heterocycles. The minimum absolute atomic E-state index is 0.145. The Morgan fingerprint density at radius 2 is 2.27 bits per heavy atom. The van der Waals surface area contributed by atoms with E-state index in [4.69, 9.17) is 11.6 Å². The molecule has 2 aromatic rings. The molecule has 15 heavy (non-hydrogen) atoms. The molecule has 0 aliphatic rings. The van der Waals surface area contributed by atoms with Crippen molar-refractivity contribution in [1.82, 2.24) is 4.98 Å². The van der Waals surface area contributed by atoms with Gasteiger partial charge in [-0.2, -0.15) is 0 Å². The van der Waals surface area contributed by atoms with E-state index in [0.717, 1.165) is 28.5 Å². The van der Waals surface area contributed by atoms with Crippen LogP contribution >= 0.6 is 11.6 Å². The Labute approximate surface area is 92.6 Å². The third-order valence-corrected chi connectivity index (χ3v) is 2.59. The predicted octanol–water partition coefficient (Wildman–Crippen LogP) is 4.08. The first-order valence-electron chi connectivity index (χ1n) is 4.67. The van der Waals surface area contributed by atoms with Gasteiger partial charge in [-0.15, -0.1) is 0 Å². The number of aromatic amines is 1. The first-order chi connectivity index (χ1) is 7.08. The number of hydrogen-bond acceptors (Lipinski definition) is 0. The van der Waals surface area contributed by atoms with Crippen molar-refractivity contribution in [2.45, 2.75) is 13.3 Å². The van der Waals surface area contributed by atoms with Crippen LogP contribution in [0.1, 0.15) is 12.5 Å². The van der Waals surface area contributed by atoms with E-state index in [0.29, 0.717) is 0 Å². The Kier molecular flexibility index (Phi) is 2.53. The minimum atomic E-state index is -0.383. The second-order valence-corrected chi connectivity index (χ2v) is 4.17. The molecule has 0 fully saturated rings. The fourth-order valence-corrected chi connectivity index (χ4v) is 1.81. The van der Waals surface area contributed by atoms with Gasteiger partial charge in [-0.3, -0.25) is 0 Å². The van der Waals surface area contributed by atoms with Crippen LogP contribution in [0.3, 0.4) is 0 Å². The molecule has 0 spiro atoms. The molecule has 1 nitrogen and oxygen atoms in total. The van der Waals surface area contributed by atoms with Crippen LogP contribution in [-0.2, 0) is 6.42 Å². The SMILES string of the molecule is C=C(C)Cc1c[nH]c2cc(Cl)c(F)cc12. The lowest BCUT2D eigenvalue weighted by molar-refractivity contribution is 0.630. The second kappa shape index (κ2) is 3.70. The maximum atomic E-state index is 13.3. The number of H-pyrrole nitrogens is 1. The molecule has 2 rings (SSSR count). The fraction of sp³-hybridized carbons (Fsp3) is 0.167. The number of rotatable bonds is 2. The monoisotopic (exact) mass is 223 g/mol. The molecule has 0 aliphatic carbocycles. The molecule has 0 amide bonds. The van der Waals surface area contributed by atoms with E-state index in [-0.39, 0.29) is 10.8 Å². The van der Waals surface area contributed by atoms with Gasteiger partial charge in [-0.05, 0) is 31.0 Å². The predicted molar refractivity (Wildman–Crippen MR) is 61.8 cm³/mol. The van der Waals surface area contributed by atoms with Crippen molar-refractivity contribution in [3.8, 4) is 0 Å². The van der Waals surface area contributed by atoms with Gasteiger partial charge in [-0.1, -0.05) is 23.8 Å². The van der Waals surface area contributed by atoms with E-state index in [1.165, 1.54) is 6.07 Å². The van der Waals surface area contributed by atoms with E-state index in [1.807, 2.05) is 13.1 Å². The maximum absolute atomic E-state index is 13.3. The van der Waals surface area contributed by atoms with Gasteiger partial charge in [0.15, 0.2) is 0 Å². The van der Waals surface area contributed by atoms with Crippen molar-refractivity contribution >= 4 is 22.5 Å². The summed E-state index contributed by atoms with van der Waals surface area (Å²) in [6.45, 7) is 5.79. The highest BCUT2D eigenvalue weighted by Crippen LogP contribution is 2.26. The van der Waals surface area contributed by atoms with Gasteiger partial charge >= 0.3 is 0 Å². The Morgan fingerprint density at radius 3 is 2.93 bits per heavy atom. The summed E-state index contributed by atoms with van der Waals surface area (Å²) < 4.78 is 13.3. The van der Waals surface area contributed by atoms with Crippen LogP contribution in [0, 0.1) is 5.82 Å². The molecule has 1 N–H and O–H groups in total. The lowest BCUT2D eigenvalue weighted by Crippen LogP contribution is -1.84. The molecular formula is C12H11ClFN. The first kappa shape index (κ1) is 10.2. The van der Waals surface area contributed by atoms with Gasteiger partial charge in [0.1, 0.15) is 5.82 Å². The van der Waals surface area contributed by atoms with Crippen LogP contribution in [0.15, 0.2) is 30.5 Å². The van der Waals surface area contributed by atoms with E-state index in [2.05, 4.69) is 11.6 Å². The molecule has 0 aliphatic heterocycles. The van der Waals surface area contributed by atoms with Crippen molar-refractivity contribution in [2.24, 2.45) is 0 Å². The van der Waals surface area contributed by atoms with Crippen molar-refractivity contribution in [3.05, 3.63) is 46.9 Å². The number of hydrogen-bond donors (Lipinski definition) is 1. The summed E-state index contributed by atoms with van der Waals surface area (Å²) in [6, 6.07) is 3.07. The average molecular weight is 224 g/mol. The fourth-order valence-electron chi connectivity index (χ4n) is 1.65. The van der Waals surface area contributed by atoms with Crippen LogP contribution in [0.4, 0.5) is 4.39 Å². The molecule has 1 heterocycles. The summed E-state index contributed by atoms with van der Waals surface area (Å²) >= 11 is 5.69. The molecule has 3 heteroatoms. The first-order valence-corrected chi connectivity index (χ1v) is 5.05. The zero-order valence-corrected chi connectivity index (χ0v) is 9.16. The van der Waals surface area contributed by atoms with Crippen LogP contribution in [0.5, 0.6) is 0 Å². The third kappa shape index (κ3) is 1.90. The molecule has 0 unspecified atom stereocenters. The lowest BCUT2D eigenvalue weighted by Gasteiger charge is -1.99. The smallest absolute Gasteiger partial charge is 0.142 e. The molecule has 0 bridgehead atoms. The van der Waals surface area contributed by atoms with Crippen molar-refractivity contribution in [3.63, 3.8) is 0 Å². The quantitative estimate of drug-likeness (QED) is 0.739. The number of benzene rings is 1. The highest BCUT2D eigenvalue weighted by Gasteiger charge is 2.08. The normalized spacial score (nSPS) is 10.9. The number of allylic oxidation sites excluding steroid dienone is 1. The molecule has 0 radical (unpaired) electrons. The number of halogens is 2. The molecule has 1 aromatic carbocycles. The second-order valence-electron chi connectivity index (χ2n) is 3.76. The standard InChI is InChI=1S/C12H11ClFN/c1-7(2)3-8-6-15-12-5-10(13)11(14)4-9(8)12/h4-6,15H,1,3H2,2H3. The third-order valence-electron chi connectivity index (χ3n) is 2.30. The molecule has 0 saturated heterocycles. The van der Waals surface area contributed by atoms with Crippen molar-refractivity contribution < 1.29 is 4.39 Å².